The first kappa shape index (κ1) is 18.4. The topological polar surface area (TPSA) is 87.5 Å². The summed E-state index contributed by atoms with van der Waals surface area (Å²) in [5, 5.41) is 13.0. The molecule has 7 heteroatoms. The Labute approximate surface area is 153 Å². The minimum Gasteiger partial charge on any atom is -0.349 e. The van der Waals surface area contributed by atoms with Gasteiger partial charge in [0.2, 0.25) is 12.3 Å². The van der Waals surface area contributed by atoms with E-state index >= 15 is 0 Å². The van der Waals surface area contributed by atoms with Crippen LogP contribution in [0.2, 0.25) is 0 Å². The van der Waals surface area contributed by atoms with Gasteiger partial charge in [-0.15, -0.1) is 0 Å². The van der Waals surface area contributed by atoms with Crippen molar-refractivity contribution in [3.63, 3.8) is 0 Å². The molecule has 1 heterocycles. The molecule has 0 saturated heterocycles. The van der Waals surface area contributed by atoms with Gasteiger partial charge in [-0.2, -0.15) is 0 Å². The highest BCUT2D eigenvalue weighted by Gasteiger charge is 2.27. The number of aromatic nitrogens is 2. The Hall–Kier alpha value is -2.41. The van der Waals surface area contributed by atoms with Gasteiger partial charge in [0, 0.05) is 7.05 Å². The molecule has 0 bridgehead atoms. The fourth-order valence-corrected chi connectivity index (χ4v) is 3.85. The van der Waals surface area contributed by atoms with Crippen molar-refractivity contribution in [2.45, 2.75) is 38.6 Å². The Morgan fingerprint density at radius 3 is 2.85 bits per heavy atom. The number of nitrogens with one attached hydrogen (secondary N) is 1. The zero-order valence-corrected chi connectivity index (χ0v) is 15.1. The third-order valence-electron chi connectivity index (χ3n) is 5.29. The Morgan fingerprint density at radius 1 is 1.42 bits per heavy atom. The molecule has 1 aromatic carbocycles. The molecule has 0 aliphatic heterocycles. The summed E-state index contributed by atoms with van der Waals surface area (Å²) in [5.74, 6) is 0.699. The molecule has 2 amide bonds. The van der Waals surface area contributed by atoms with Crippen LogP contribution in [0.15, 0.2) is 24.3 Å². The zero-order chi connectivity index (χ0) is 18.5. The second kappa shape index (κ2) is 8.31. The number of hydrogen-bond acceptors (Lipinski definition) is 4. The first-order valence-electron chi connectivity index (χ1n) is 9.17. The maximum Gasteiger partial charge on any atom is 0.233 e. The van der Waals surface area contributed by atoms with Gasteiger partial charge in [0.1, 0.15) is 5.82 Å². The van der Waals surface area contributed by atoms with E-state index in [1.807, 2.05) is 35.9 Å². The molecule has 1 unspecified atom stereocenters. The van der Waals surface area contributed by atoms with Crippen LogP contribution in [-0.2, 0) is 23.2 Å². The monoisotopic (exact) mass is 358 g/mol. The average Bonchev–Trinajstić information content (AvgIpc) is 3.27. The highest BCUT2D eigenvalue weighted by molar-refractivity contribution is 5.79. The lowest BCUT2D eigenvalue weighted by Gasteiger charge is -2.22. The van der Waals surface area contributed by atoms with Crippen molar-refractivity contribution in [1.29, 1.82) is 0 Å². The van der Waals surface area contributed by atoms with Crippen LogP contribution in [0.1, 0.15) is 37.9 Å². The molecule has 1 aliphatic rings. The van der Waals surface area contributed by atoms with Crippen LogP contribution in [0.4, 0.5) is 0 Å². The van der Waals surface area contributed by atoms with Crippen LogP contribution >= 0.6 is 0 Å². The molecule has 2 aromatic rings. The van der Waals surface area contributed by atoms with Gasteiger partial charge in [0.25, 0.3) is 0 Å². The summed E-state index contributed by atoms with van der Waals surface area (Å²) in [4.78, 5) is 28.0. The molecule has 1 saturated carbocycles. The lowest BCUT2D eigenvalue weighted by atomic mass is 9.92. The summed E-state index contributed by atoms with van der Waals surface area (Å²) in [5.41, 5.74) is 1.91. The molecule has 0 spiro atoms. The normalized spacial score (nSPS) is 15.9. The number of hydroxylamine groups is 2. The SMILES string of the molecule is Cn1c(CNC(=O)C(CC2CCCC2)CN(O)C=O)nc2ccccc21. The van der Waals surface area contributed by atoms with Gasteiger partial charge in [-0.05, 0) is 24.5 Å². The fraction of sp³-hybridized carbons (Fsp3) is 0.526. The molecule has 1 aliphatic carbocycles. The predicted molar refractivity (Wildman–Crippen MR) is 97.2 cm³/mol. The van der Waals surface area contributed by atoms with Crippen LogP contribution < -0.4 is 5.32 Å². The van der Waals surface area contributed by atoms with Gasteiger partial charge in [-0.25, -0.2) is 10.0 Å². The number of carbonyl (C=O) groups excluding carboxylic acids is 2. The summed E-state index contributed by atoms with van der Waals surface area (Å²) in [6.45, 7) is 0.339. The highest BCUT2D eigenvalue weighted by Crippen LogP contribution is 2.30. The number of amides is 2. The number of nitrogens with zero attached hydrogens (tertiary/aromatic N) is 3. The molecule has 7 nitrogen and oxygen atoms in total. The summed E-state index contributed by atoms with van der Waals surface area (Å²) in [6.07, 6.45) is 5.65. The van der Waals surface area contributed by atoms with Crippen LogP contribution in [0.25, 0.3) is 11.0 Å². The molecule has 1 atom stereocenters. The van der Waals surface area contributed by atoms with E-state index in [0.717, 1.165) is 29.7 Å². The first-order chi connectivity index (χ1) is 12.6. The molecule has 0 radical (unpaired) electrons. The molecular weight excluding hydrogens is 332 g/mol. The highest BCUT2D eigenvalue weighted by atomic mass is 16.5. The number of carbonyl (C=O) groups is 2. The van der Waals surface area contributed by atoms with E-state index < -0.39 is 5.92 Å². The van der Waals surface area contributed by atoms with E-state index in [1.165, 1.54) is 12.8 Å². The van der Waals surface area contributed by atoms with Gasteiger partial charge in [0.15, 0.2) is 0 Å². The van der Waals surface area contributed by atoms with Crippen LogP contribution in [0, 0.1) is 11.8 Å². The molecule has 1 aromatic heterocycles. The third-order valence-corrected chi connectivity index (χ3v) is 5.29. The van der Waals surface area contributed by atoms with Crippen molar-refractivity contribution in [2.75, 3.05) is 6.54 Å². The lowest BCUT2D eigenvalue weighted by molar-refractivity contribution is -0.155. The minimum absolute atomic E-state index is 0.0222. The van der Waals surface area contributed by atoms with E-state index in [1.54, 1.807) is 0 Å². The number of hydrogen-bond donors (Lipinski definition) is 2. The second-order valence-electron chi connectivity index (χ2n) is 7.10. The third kappa shape index (κ3) is 4.22. The number of para-hydroxylation sites is 2. The van der Waals surface area contributed by atoms with Crippen LogP contribution in [0.5, 0.6) is 0 Å². The minimum atomic E-state index is -0.414. The van der Waals surface area contributed by atoms with Gasteiger partial charge in [0.05, 0.1) is 30.0 Å². The van der Waals surface area contributed by atoms with E-state index in [-0.39, 0.29) is 12.5 Å². The van der Waals surface area contributed by atoms with Crippen molar-refractivity contribution in [2.24, 2.45) is 18.9 Å². The Bertz CT molecular complexity index is 767. The van der Waals surface area contributed by atoms with Gasteiger partial charge < -0.3 is 9.88 Å². The quantitative estimate of drug-likeness (QED) is 0.430. The molecule has 3 rings (SSSR count). The molecular formula is C19H26N4O3. The molecule has 140 valence electrons. The average molecular weight is 358 g/mol. The maximum atomic E-state index is 12.7. The van der Waals surface area contributed by atoms with Gasteiger partial charge in [-0.1, -0.05) is 37.8 Å². The number of imidazole rings is 1. The van der Waals surface area contributed by atoms with E-state index in [0.29, 0.717) is 30.4 Å². The largest absolute Gasteiger partial charge is 0.349 e. The molecule has 1 fully saturated rings. The molecule has 2 N–H and O–H groups in total. The van der Waals surface area contributed by atoms with Crippen molar-refractivity contribution < 1.29 is 14.8 Å². The van der Waals surface area contributed by atoms with Crippen molar-refractivity contribution in [3.05, 3.63) is 30.1 Å². The van der Waals surface area contributed by atoms with E-state index in [4.69, 9.17) is 0 Å². The van der Waals surface area contributed by atoms with Crippen molar-refractivity contribution in [3.8, 4) is 0 Å². The summed E-state index contributed by atoms with van der Waals surface area (Å²) in [6, 6.07) is 7.82. The predicted octanol–water partition coefficient (Wildman–Crippen LogP) is 2.23. The first-order valence-corrected chi connectivity index (χ1v) is 9.17. The van der Waals surface area contributed by atoms with E-state index in [2.05, 4.69) is 10.3 Å². The Morgan fingerprint density at radius 2 is 2.15 bits per heavy atom. The number of rotatable bonds is 8. The lowest BCUT2D eigenvalue weighted by Crippen LogP contribution is -2.38. The Balaban J connectivity index is 1.65. The zero-order valence-electron chi connectivity index (χ0n) is 15.1. The maximum absolute atomic E-state index is 12.7. The van der Waals surface area contributed by atoms with Crippen LogP contribution in [0.3, 0.4) is 0 Å². The van der Waals surface area contributed by atoms with Crippen LogP contribution in [-0.4, -0.2) is 38.7 Å². The van der Waals surface area contributed by atoms with E-state index in [9.17, 15) is 14.8 Å². The van der Waals surface area contributed by atoms with Gasteiger partial charge >= 0.3 is 0 Å². The van der Waals surface area contributed by atoms with Crippen molar-refractivity contribution >= 4 is 23.4 Å². The summed E-state index contributed by atoms with van der Waals surface area (Å²) in [7, 11) is 1.93. The summed E-state index contributed by atoms with van der Waals surface area (Å²) < 4.78 is 1.96. The second-order valence-corrected chi connectivity index (χ2v) is 7.10. The Kier molecular flexibility index (Phi) is 5.88. The summed E-state index contributed by atoms with van der Waals surface area (Å²) >= 11 is 0. The fourth-order valence-electron chi connectivity index (χ4n) is 3.85. The van der Waals surface area contributed by atoms with Gasteiger partial charge in [-0.3, -0.25) is 14.8 Å². The van der Waals surface area contributed by atoms with Crippen molar-refractivity contribution in [1.82, 2.24) is 19.9 Å². The molecule has 26 heavy (non-hydrogen) atoms. The number of aryl methyl sites for hydroxylation is 1. The standard InChI is InChI=1S/C19H26N4O3/c1-22-17-9-5-4-8-16(17)21-18(22)11-20-19(25)15(12-23(26)13-24)10-14-6-2-3-7-14/h4-5,8-9,13-15,26H,2-3,6-7,10-12H2,1H3,(H,20,25). The smallest absolute Gasteiger partial charge is 0.233 e. The number of benzene rings is 1. The number of fused-ring (bicyclic) bond motifs is 1.